The molecule has 0 aromatic rings. The lowest BCUT2D eigenvalue weighted by atomic mass is 9.81. The van der Waals surface area contributed by atoms with Crippen LogP contribution in [0.4, 0.5) is 0 Å². The van der Waals surface area contributed by atoms with Crippen LogP contribution in [0.2, 0.25) is 0 Å². The second kappa shape index (κ2) is 10.3. The lowest BCUT2D eigenvalue weighted by Gasteiger charge is -2.31. The number of carbonyl (C=O) groups is 1. The van der Waals surface area contributed by atoms with Crippen molar-refractivity contribution in [1.82, 2.24) is 4.90 Å². The van der Waals surface area contributed by atoms with Crippen molar-refractivity contribution < 1.29 is 14.3 Å². The molecule has 0 aromatic heterocycles. The first-order valence-electron chi connectivity index (χ1n) is 8.07. The zero-order chi connectivity index (χ0) is 14.8. The fraction of sp³-hybridized carbons (Fsp3) is 0.938. The molecule has 4 nitrogen and oxygen atoms in total. The maximum Gasteiger partial charge on any atom is 0.137 e. The van der Waals surface area contributed by atoms with Gasteiger partial charge in [-0.3, -0.25) is 9.69 Å². The summed E-state index contributed by atoms with van der Waals surface area (Å²) < 4.78 is 10.9. The Balaban J connectivity index is 2.41. The molecular weight excluding hydrogens is 254 g/mol. The van der Waals surface area contributed by atoms with Gasteiger partial charge in [0.2, 0.25) is 0 Å². The first-order valence-corrected chi connectivity index (χ1v) is 8.07. The summed E-state index contributed by atoms with van der Waals surface area (Å²) in [6, 6.07) is 0. The van der Waals surface area contributed by atoms with Crippen LogP contribution in [0.15, 0.2) is 0 Å². The summed E-state index contributed by atoms with van der Waals surface area (Å²) in [7, 11) is 0. The molecule has 2 unspecified atom stereocenters. The Morgan fingerprint density at radius 2 is 1.75 bits per heavy atom. The molecule has 1 aliphatic rings. The average Bonchev–Trinajstić information content (AvgIpc) is 2.43. The minimum atomic E-state index is 0.210. The second-order valence-electron chi connectivity index (χ2n) is 5.74. The van der Waals surface area contributed by atoms with Crippen LogP contribution in [0, 0.1) is 11.8 Å². The summed E-state index contributed by atoms with van der Waals surface area (Å²) in [5, 5.41) is 0. The Labute approximate surface area is 123 Å². The molecule has 0 bridgehead atoms. The standard InChI is InChI=1S/C16H31NO3/c1-4-19-10-8-17(9-11-20-5-2)13-15-12-14(3)6-7-16(15)18/h14-15H,4-13H2,1-3H3. The van der Waals surface area contributed by atoms with Gasteiger partial charge in [-0.05, 0) is 32.6 Å². The molecule has 2 atom stereocenters. The first-order chi connectivity index (χ1) is 9.67. The van der Waals surface area contributed by atoms with Gasteiger partial charge in [0.05, 0.1) is 13.2 Å². The van der Waals surface area contributed by atoms with Crippen LogP contribution in [0.25, 0.3) is 0 Å². The molecule has 0 radical (unpaired) electrons. The van der Waals surface area contributed by atoms with Crippen molar-refractivity contribution in [2.45, 2.75) is 40.0 Å². The molecule has 0 heterocycles. The Morgan fingerprint density at radius 1 is 1.15 bits per heavy atom. The smallest absolute Gasteiger partial charge is 0.137 e. The third-order valence-corrected chi connectivity index (χ3v) is 4.02. The van der Waals surface area contributed by atoms with Crippen molar-refractivity contribution in [3.8, 4) is 0 Å². The molecule has 20 heavy (non-hydrogen) atoms. The number of hydrogen-bond donors (Lipinski definition) is 0. The molecule has 1 rings (SSSR count). The van der Waals surface area contributed by atoms with Crippen molar-refractivity contribution in [3.63, 3.8) is 0 Å². The maximum absolute atomic E-state index is 12.0. The fourth-order valence-electron chi connectivity index (χ4n) is 2.79. The van der Waals surface area contributed by atoms with E-state index in [1.165, 1.54) is 0 Å². The first kappa shape index (κ1) is 17.6. The van der Waals surface area contributed by atoms with Crippen LogP contribution in [-0.4, -0.2) is 56.7 Å². The topological polar surface area (TPSA) is 38.8 Å². The van der Waals surface area contributed by atoms with Gasteiger partial charge in [0.25, 0.3) is 0 Å². The van der Waals surface area contributed by atoms with Crippen molar-refractivity contribution in [1.29, 1.82) is 0 Å². The minimum Gasteiger partial charge on any atom is -0.380 e. The summed E-state index contributed by atoms with van der Waals surface area (Å²) in [6.45, 7) is 11.9. The molecule has 118 valence electrons. The Morgan fingerprint density at radius 3 is 2.30 bits per heavy atom. The number of nitrogens with zero attached hydrogens (tertiary/aromatic N) is 1. The summed E-state index contributed by atoms with van der Waals surface area (Å²) in [5.74, 6) is 1.33. The molecule has 1 aliphatic carbocycles. The number of ether oxygens (including phenoxy) is 2. The largest absolute Gasteiger partial charge is 0.380 e. The Kier molecular flexibility index (Phi) is 9.07. The Bertz CT molecular complexity index is 260. The summed E-state index contributed by atoms with van der Waals surface area (Å²) in [5.41, 5.74) is 0. The van der Waals surface area contributed by atoms with Gasteiger partial charge < -0.3 is 9.47 Å². The van der Waals surface area contributed by atoms with E-state index in [1.807, 2.05) is 13.8 Å². The molecule has 0 spiro atoms. The molecular formula is C16H31NO3. The third-order valence-electron chi connectivity index (χ3n) is 4.02. The molecule has 4 heteroatoms. The van der Waals surface area contributed by atoms with Gasteiger partial charge in [-0.2, -0.15) is 0 Å². The number of ketones is 1. The molecule has 0 aliphatic heterocycles. The molecule has 0 aromatic carbocycles. The van der Waals surface area contributed by atoms with E-state index in [1.54, 1.807) is 0 Å². The van der Waals surface area contributed by atoms with Gasteiger partial charge >= 0.3 is 0 Å². The lowest BCUT2D eigenvalue weighted by molar-refractivity contribution is -0.126. The summed E-state index contributed by atoms with van der Waals surface area (Å²) in [6.07, 6.45) is 2.86. The van der Waals surface area contributed by atoms with Gasteiger partial charge in [0, 0.05) is 45.2 Å². The normalized spacial score (nSPS) is 23.5. The van der Waals surface area contributed by atoms with Crippen molar-refractivity contribution in [3.05, 3.63) is 0 Å². The molecule has 0 N–H and O–H groups in total. The fourth-order valence-corrected chi connectivity index (χ4v) is 2.79. The van der Waals surface area contributed by atoms with E-state index in [0.717, 1.165) is 65.3 Å². The average molecular weight is 285 g/mol. The van der Waals surface area contributed by atoms with Crippen LogP contribution in [0.5, 0.6) is 0 Å². The number of rotatable bonds is 10. The highest BCUT2D eigenvalue weighted by molar-refractivity contribution is 5.81. The number of Topliss-reactive ketones (excluding diaryl/α,β-unsaturated/α-hetero) is 1. The van der Waals surface area contributed by atoms with Crippen molar-refractivity contribution >= 4 is 5.78 Å². The van der Waals surface area contributed by atoms with Gasteiger partial charge in [-0.25, -0.2) is 0 Å². The van der Waals surface area contributed by atoms with Crippen molar-refractivity contribution in [2.75, 3.05) is 46.1 Å². The zero-order valence-electron chi connectivity index (χ0n) is 13.4. The monoisotopic (exact) mass is 285 g/mol. The van der Waals surface area contributed by atoms with E-state index < -0.39 is 0 Å². The van der Waals surface area contributed by atoms with E-state index in [4.69, 9.17) is 9.47 Å². The van der Waals surface area contributed by atoms with E-state index in [9.17, 15) is 4.79 Å². The molecule has 1 saturated carbocycles. The predicted molar refractivity (Wildman–Crippen MR) is 80.9 cm³/mol. The van der Waals surface area contributed by atoms with E-state index in [-0.39, 0.29) is 5.92 Å². The van der Waals surface area contributed by atoms with Crippen LogP contribution in [0.3, 0.4) is 0 Å². The number of carbonyl (C=O) groups excluding carboxylic acids is 1. The SMILES string of the molecule is CCOCCN(CCOCC)CC1CC(C)CCC1=O. The highest BCUT2D eigenvalue weighted by Gasteiger charge is 2.27. The van der Waals surface area contributed by atoms with Gasteiger partial charge in [-0.15, -0.1) is 0 Å². The van der Waals surface area contributed by atoms with Crippen molar-refractivity contribution in [2.24, 2.45) is 11.8 Å². The second-order valence-corrected chi connectivity index (χ2v) is 5.74. The van der Waals surface area contributed by atoms with E-state index in [2.05, 4.69) is 11.8 Å². The van der Waals surface area contributed by atoms with Gasteiger partial charge in [0.1, 0.15) is 5.78 Å². The highest BCUT2D eigenvalue weighted by Crippen LogP contribution is 2.26. The predicted octanol–water partition coefficient (Wildman–Crippen LogP) is 2.37. The molecule has 0 saturated heterocycles. The van der Waals surface area contributed by atoms with Crippen LogP contribution in [0.1, 0.15) is 40.0 Å². The molecule has 1 fully saturated rings. The summed E-state index contributed by atoms with van der Waals surface area (Å²) >= 11 is 0. The van der Waals surface area contributed by atoms with Crippen LogP contribution >= 0.6 is 0 Å². The zero-order valence-corrected chi connectivity index (χ0v) is 13.4. The molecule has 0 amide bonds. The quantitative estimate of drug-likeness (QED) is 0.578. The van der Waals surface area contributed by atoms with E-state index >= 15 is 0 Å². The van der Waals surface area contributed by atoms with Crippen LogP contribution in [-0.2, 0) is 14.3 Å². The van der Waals surface area contributed by atoms with Crippen LogP contribution < -0.4 is 0 Å². The van der Waals surface area contributed by atoms with Gasteiger partial charge in [-0.1, -0.05) is 6.92 Å². The Hall–Kier alpha value is -0.450. The highest BCUT2D eigenvalue weighted by atomic mass is 16.5. The lowest BCUT2D eigenvalue weighted by Crippen LogP contribution is -2.39. The number of hydrogen-bond acceptors (Lipinski definition) is 4. The van der Waals surface area contributed by atoms with E-state index in [0.29, 0.717) is 11.7 Å². The third kappa shape index (κ3) is 6.82. The summed E-state index contributed by atoms with van der Waals surface area (Å²) in [4.78, 5) is 14.4. The maximum atomic E-state index is 12.0. The minimum absolute atomic E-state index is 0.210. The van der Waals surface area contributed by atoms with Gasteiger partial charge in [0.15, 0.2) is 0 Å².